The van der Waals surface area contributed by atoms with Gasteiger partial charge in [0, 0.05) is 16.1 Å². The van der Waals surface area contributed by atoms with Gasteiger partial charge < -0.3 is 5.73 Å². The van der Waals surface area contributed by atoms with E-state index in [9.17, 15) is 0 Å². The summed E-state index contributed by atoms with van der Waals surface area (Å²) in [5.74, 6) is 0. The van der Waals surface area contributed by atoms with Crippen LogP contribution in [0.25, 0.3) is 6.08 Å². The molecule has 1 saturated carbocycles. The summed E-state index contributed by atoms with van der Waals surface area (Å²) in [6.07, 6.45) is 6.53. The quantitative estimate of drug-likeness (QED) is 0.797. The van der Waals surface area contributed by atoms with Crippen LogP contribution in [-0.2, 0) is 0 Å². The molecular weight excluding hydrogens is 241 g/mol. The van der Waals surface area contributed by atoms with Crippen LogP contribution >= 0.6 is 23.2 Å². The number of benzene rings is 1. The zero-order chi connectivity index (χ0) is 11.5. The van der Waals surface area contributed by atoms with Crippen LogP contribution in [0.2, 0.25) is 10.0 Å². The third-order valence-corrected chi connectivity index (χ3v) is 3.49. The standard InChI is InChI=1S/C13H15Cl2N/c14-11-4-5-13(15)10(8-11)6-9-2-1-3-12(16)7-9/h4-6,8,12H,1-3,7,16H2. The van der Waals surface area contributed by atoms with Gasteiger partial charge in [0.05, 0.1) is 0 Å². The number of rotatable bonds is 1. The predicted octanol–water partition coefficient (Wildman–Crippen LogP) is 4.28. The topological polar surface area (TPSA) is 26.0 Å². The van der Waals surface area contributed by atoms with E-state index < -0.39 is 0 Å². The van der Waals surface area contributed by atoms with Crippen LogP contribution in [0.1, 0.15) is 31.2 Å². The van der Waals surface area contributed by atoms with Crippen molar-refractivity contribution in [2.45, 2.75) is 31.7 Å². The first kappa shape index (κ1) is 12.0. The molecule has 0 saturated heterocycles. The molecule has 0 radical (unpaired) electrons. The highest BCUT2D eigenvalue weighted by Gasteiger charge is 2.13. The Morgan fingerprint density at radius 3 is 2.88 bits per heavy atom. The fourth-order valence-electron chi connectivity index (χ4n) is 2.11. The van der Waals surface area contributed by atoms with E-state index >= 15 is 0 Å². The molecule has 1 aromatic carbocycles. The zero-order valence-corrected chi connectivity index (χ0v) is 10.6. The van der Waals surface area contributed by atoms with Gasteiger partial charge in [0.25, 0.3) is 0 Å². The molecule has 1 aliphatic carbocycles. The lowest BCUT2D eigenvalue weighted by Crippen LogP contribution is -2.23. The van der Waals surface area contributed by atoms with Gasteiger partial charge in [-0.25, -0.2) is 0 Å². The van der Waals surface area contributed by atoms with Gasteiger partial charge >= 0.3 is 0 Å². The molecule has 1 aliphatic rings. The van der Waals surface area contributed by atoms with E-state index in [-0.39, 0.29) is 0 Å². The van der Waals surface area contributed by atoms with Gasteiger partial charge in [0.15, 0.2) is 0 Å². The molecule has 0 bridgehead atoms. The molecule has 0 heterocycles. The molecular formula is C13H15Cl2N. The average molecular weight is 256 g/mol. The van der Waals surface area contributed by atoms with Crippen LogP contribution in [0.3, 0.4) is 0 Å². The molecule has 2 N–H and O–H groups in total. The lowest BCUT2D eigenvalue weighted by atomic mass is 9.90. The Labute approximate surface area is 106 Å². The van der Waals surface area contributed by atoms with Crippen LogP contribution in [0, 0.1) is 0 Å². The minimum absolute atomic E-state index is 0.304. The second kappa shape index (κ2) is 5.22. The molecule has 1 aromatic rings. The van der Waals surface area contributed by atoms with Crippen molar-refractivity contribution >= 4 is 29.3 Å². The molecule has 2 rings (SSSR count). The van der Waals surface area contributed by atoms with Gasteiger partial charge in [-0.05, 0) is 49.4 Å². The normalized spacial score (nSPS) is 23.7. The molecule has 1 unspecified atom stereocenters. The van der Waals surface area contributed by atoms with Crippen LogP contribution in [0.5, 0.6) is 0 Å². The average Bonchev–Trinajstić information content (AvgIpc) is 2.24. The summed E-state index contributed by atoms with van der Waals surface area (Å²) < 4.78 is 0. The Balaban J connectivity index is 2.24. The highest BCUT2D eigenvalue weighted by molar-refractivity contribution is 6.34. The van der Waals surface area contributed by atoms with Gasteiger partial charge in [-0.1, -0.05) is 34.9 Å². The van der Waals surface area contributed by atoms with Crippen LogP contribution in [0.15, 0.2) is 23.8 Å². The van der Waals surface area contributed by atoms with Gasteiger partial charge in [-0.2, -0.15) is 0 Å². The lowest BCUT2D eigenvalue weighted by Gasteiger charge is -2.20. The molecule has 0 spiro atoms. The summed E-state index contributed by atoms with van der Waals surface area (Å²) in [7, 11) is 0. The minimum atomic E-state index is 0.304. The second-order valence-electron chi connectivity index (χ2n) is 4.32. The Morgan fingerprint density at radius 2 is 2.12 bits per heavy atom. The third-order valence-electron chi connectivity index (χ3n) is 2.91. The van der Waals surface area contributed by atoms with Crippen molar-refractivity contribution in [3.05, 3.63) is 39.4 Å². The summed E-state index contributed by atoms with van der Waals surface area (Å²) in [4.78, 5) is 0. The molecule has 1 fully saturated rings. The van der Waals surface area contributed by atoms with E-state index in [0.29, 0.717) is 6.04 Å². The highest BCUT2D eigenvalue weighted by Crippen LogP contribution is 2.28. The van der Waals surface area contributed by atoms with E-state index in [2.05, 4.69) is 6.08 Å². The Bertz CT molecular complexity index is 412. The molecule has 0 aliphatic heterocycles. The third kappa shape index (κ3) is 3.00. The summed E-state index contributed by atoms with van der Waals surface area (Å²) in [5, 5.41) is 1.47. The van der Waals surface area contributed by atoms with E-state index in [0.717, 1.165) is 34.9 Å². The fourth-order valence-corrected chi connectivity index (χ4v) is 2.46. The number of nitrogens with two attached hydrogens (primary N) is 1. The first-order valence-electron chi connectivity index (χ1n) is 5.55. The van der Waals surface area contributed by atoms with E-state index in [1.807, 2.05) is 12.1 Å². The maximum atomic E-state index is 6.12. The van der Waals surface area contributed by atoms with E-state index in [4.69, 9.17) is 28.9 Å². The monoisotopic (exact) mass is 255 g/mol. The van der Waals surface area contributed by atoms with Gasteiger partial charge in [0.1, 0.15) is 0 Å². The Kier molecular flexibility index (Phi) is 3.91. The van der Waals surface area contributed by atoms with Crippen molar-refractivity contribution in [2.75, 3.05) is 0 Å². The van der Waals surface area contributed by atoms with Gasteiger partial charge in [-0.15, -0.1) is 0 Å². The number of halogens is 2. The first-order valence-corrected chi connectivity index (χ1v) is 6.31. The predicted molar refractivity (Wildman–Crippen MR) is 70.9 cm³/mol. The van der Waals surface area contributed by atoms with E-state index in [1.165, 1.54) is 12.0 Å². The van der Waals surface area contributed by atoms with Crippen LogP contribution in [-0.4, -0.2) is 6.04 Å². The molecule has 3 heteroatoms. The summed E-state index contributed by atoms with van der Waals surface area (Å²) >= 11 is 12.1. The highest BCUT2D eigenvalue weighted by atomic mass is 35.5. The molecule has 86 valence electrons. The van der Waals surface area contributed by atoms with Crippen LogP contribution in [0.4, 0.5) is 0 Å². The van der Waals surface area contributed by atoms with Crippen molar-refractivity contribution in [2.24, 2.45) is 5.73 Å². The van der Waals surface area contributed by atoms with Crippen LogP contribution < -0.4 is 5.73 Å². The van der Waals surface area contributed by atoms with Crippen molar-refractivity contribution < 1.29 is 0 Å². The molecule has 0 amide bonds. The van der Waals surface area contributed by atoms with E-state index in [1.54, 1.807) is 6.07 Å². The van der Waals surface area contributed by atoms with Crippen molar-refractivity contribution in [3.8, 4) is 0 Å². The SMILES string of the molecule is NC1CCCC(=Cc2cc(Cl)ccc2Cl)C1. The largest absolute Gasteiger partial charge is 0.327 e. The number of hydrogen-bond donors (Lipinski definition) is 1. The van der Waals surface area contributed by atoms with Gasteiger partial charge in [0.2, 0.25) is 0 Å². The Hall–Kier alpha value is -0.500. The van der Waals surface area contributed by atoms with Gasteiger partial charge in [-0.3, -0.25) is 0 Å². The smallest absolute Gasteiger partial charge is 0.0479 e. The molecule has 0 aromatic heterocycles. The summed E-state index contributed by atoms with van der Waals surface area (Å²) in [5.41, 5.74) is 8.32. The zero-order valence-electron chi connectivity index (χ0n) is 9.05. The minimum Gasteiger partial charge on any atom is -0.327 e. The molecule has 1 atom stereocenters. The molecule has 1 nitrogen and oxygen atoms in total. The number of hydrogen-bond acceptors (Lipinski definition) is 1. The van der Waals surface area contributed by atoms with Crippen molar-refractivity contribution in [1.82, 2.24) is 0 Å². The lowest BCUT2D eigenvalue weighted by molar-refractivity contribution is 0.520. The summed E-state index contributed by atoms with van der Waals surface area (Å²) in [6, 6.07) is 5.84. The maximum absolute atomic E-state index is 6.12. The molecule has 16 heavy (non-hydrogen) atoms. The van der Waals surface area contributed by atoms with Crippen molar-refractivity contribution in [3.63, 3.8) is 0 Å². The fraction of sp³-hybridized carbons (Fsp3) is 0.385. The maximum Gasteiger partial charge on any atom is 0.0479 e. The van der Waals surface area contributed by atoms with Crippen molar-refractivity contribution in [1.29, 1.82) is 0 Å². The first-order chi connectivity index (χ1) is 7.65. The second-order valence-corrected chi connectivity index (χ2v) is 5.17. The Morgan fingerprint density at radius 1 is 1.31 bits per heavy atom. The summed E-state index contributed by atoms with van der Waals surface area (Å²) in [6.45, 7) is 0.